The maximum absolute atomic E-state index is 11.8. The number of carbonyl (C=O) groups excluding carboxylic acids is 1. The molecule has 3 rings (SSSR count). The van der Waals surface area contributed by atoms with E-state index in [0.717, 1.165) is 31.2 Å². The zero-order valence-corrected chi connectivity index (χ0v) is 16.6. The van der Waals surface area contributed by atoms with Crippen LogP contribution in [0, 0.1) is 6.92 Å². The SMILES string of the molecule is Cc1cncc(Nc2nc(NC3CCCCC3N)c(Cl)cc2C(N)=O)c1.Cl. The Morgan fingerprint density at radius 1 is 1.22 bits per heavy atom. The van der Waals surface area contributed by atoms with Gasteiger partial charge in [0.05, 0.1) is 22.5 Å². The second-order valence-corrected chi connectivity index (χ2v) is 7.06. The summed E-state index contributed by atoms with van der Waals surface area (Å²) in [5, 5.41) is 6.77. The highest BCUT2D eigenvalue weighted by atomic mass is 35.5. The van der Waals surface area contributed by atoms with Gasteiger partial charge in [0.25, 0.3) is 5.91 Å². The average Bonchev–Trinajstić information content (AvgIpc) is 2.59. The van der Waals surface area contributed by atoms with Gasteiger partial charge in [-0.05, 0) is 37.5 Å². The van der Waals surface area contributed by atoms with Crippen molar-refractivity contribution in [3.8, 4) is 0 Å². The van der Waals surface area contributed by atoms with Gasteiger partial charge in [0.15, 0.2) is 0 Å². The number of aryl methyl sites for hydroxylation is 1. The third kappa shape index (κ3) is 5.22. The van der Waals surface area contributed by atoms with Crippen LogP contribution >= 0.6 is 24.0 Å². The lowest BCUT2D eigenvalue weighted by atomic mass is 9.91. The monoisotopic (exact) mass is 410 g/mol. The molecule has 9 heteroatoms. The number of nitrogens with two attached hydrogens (primary N) is 2. The topological polar surface area (TPSA) is 119 Å². The molecule has 1 aliphatic rings. The van der Waals surface area contributed by atoms with Gasteiger partial charge in [0.1, 0.15) is 11.6 Å². The Hall–Kier alpha value is -2.09. The fraction of sp³-hybridized carbons (Fsp3) is 0.389. The lowest BCUT2D eigenvalue weighted by Crippen LogP contribution is -2.42. The molecule has 0 radical (unpaired) electrons. The van der Waals surface area contributed by atoms with Crippen LogP contribution in [-0.4, -0.2) is 28.0 Å². The van der Waals surface area contributed by atoms with Crippen LogP contribution in [0.3, 0.4) is 0 Å². The summed E-state index contributed by atoms with van der Waals surface area (Å²) in [5.74, 6) is 0.215. The maximum atomic E-state index is 11.8. The minimum absolute atomic E-state index is 0. The van der Waals surface area contributed by atoms with Crippen molar-refractivity contribution in [3.63, 3.8) is 0 Å². The number of carbonyl (C=O) groups is 1. The predicted octanol–water partition coefficient (Wildman–Crippen LogP) is 3.38. The van der Waals surface area contributed by atoms with E-state index in [9.17, 15) is 4.79 Å². The Balaban J connectivity index is 0.00000261. The molecule has 146 valence electrons. The molecular formula is C18H24Cl2N6O. The van der Waals surface area contributed by atoms with Gasteiger partial charge < -0.3 is 22.1 Å². The Morgan fingerprint density at radius 2 is 1.96 bits per heavy atom. The number of rotatable bonds is 5. The van der Waals surface area contributed by atoms with E-state index in [1.807, 2.05) is 13.0 Å². The van der Waals surface area contributed by atoms with E-state index in [4.69, 9.17) is 23.1 Å². The van der Waals surface area contributed by atoms with Gasteiger partial charge in [-0.15, -0.1) is 12.4 Å². The summed E-state index contributed by atoms with van der Waals surface area (Å²) in [4.78, 5) is 20.5. The molecule has 2 unspecified atom stereocenters. The molecule has 0 bridgehead atoms. The number of nitrogens with one attached hydrogen (secondary N) is 2. The molecule has 2 heterocycles. The van der Waals surface area contributed by atoms with Gasteiger partial charge in [-0.2, -0.15) is 0 Å². The zero-order chi connectivity index (χ0) is 18.7. The first-order valence-corrected chi connectivity index (χ1v) is 9.03. The Labute approximate surface area is 169 Å². The van der Waals surface area contributed by atoms with Crippen molar-refractivity contribution in [2.24, 2.45) is 11.5 Å². The van der Waals surface area contributed by atoms with Crippen molar-refractivity contribution in [2.75, 3.05) is 10.6 Å². The van der Waals surface area contributed by atoms with E-state index in [1.165, 1.54) is 6.07 Å². The summed E-state index contributed by atoms with van der Waals surface area (Å²) >= 11 is 6.33. The molecule has 6 N–H and O–H groups in total. The van der Waals surface area contributed by atoms with E-state index in [-0.39, 0.29) is 30.1 Å². The van der Waals surface area contributed by atoms with Gasteiger partial charge in [-0.3, -0.25) is 9.78 Å². The Kier molecular flexibility index (Phi) is 7.24. The third-order valence-electron chi connectivity index (χ3n) is 4.52. The van der Waals surface area contributed by atoms with E-state index >= 15 is 0 Å². The Bertz CT molecular complexity index is 816. The van der Waals surface area contributed by atoms with E-state index in [1.54, 1.807) is 12.4 Å². The molecule has 2 atom stereocenters. The van der Waals surface area contributed by atoms with Crippen LogP contribution in [0.25, 0.3) is 0 Å². The number of hydrogen-bond acceptors (Lipinski definition) is 6. The molecule has 0 spiro atoms. The standard InChI is InChI=1S/C18H23ClN6O.ClH/c1-10-6-11(9-22-8-10)23-17-12(16(21)26)7-13(19)18(25-17)24-15-5-3-2-4-14(15)20;/h6-9,14-15H,2-5,20H2,1H3,(H2,21,26)(H2,23,24,25);1H. The molecule has 27 heavy (non-hydrogen) atoms. The first-order valence-electron chi connectivity index (χ1n) is 8.65. The molecule has 2 aromatic heterocycles. The highest BCUT2D eigenvalue weighted by Crippen LogP contribution is 2.30. The minimum Gasteiger partial charge on any atom is -0.365 e. The van der Waals surface area contributed by atoms with Crippen LogP contribution in [0.1, 0.15) is 41.6 Å². The van der Waals surface area contributed by atoms with Crippen molar-refractivity contribution in [3.05, 3.63) is 40.7 Å². The first kappa shape index (κ1) is 21.2. The minimum atomic E-state index is -0.608. The summed E-state index contributed by atoms with van der Waals surface area (Å²) in [6.07, 6.45) is 7.57. The van der Waals surface area contributed by atoms with Crippen LogP contribution in [0.5, 0.6) is 0 Å². The number of aromatic nitrogens is 2. The number of pyridine rings is 2. The summed E-state index contributed by atoms with van der Waals surface area (Å²) in [6.45, 7) is 1.93. The average molecular weight is 411 g/mol. The van der Waals surface area contributed by atoms with E-state index in [2.05, 4.69) is 20.6 Å². The van der Waals surface area contributed by atoms with Gasteiger partial charge in [-0.1, -0.05) is 24.4 Å². The summed E-state index contributed by atoms with van der Waals surface area (Å²) in [6, 6.07) is 3.58. The molecule has 1 saturated carbocycles. The fourth-order valence-corrected chi connectivity index (χ4v) is 3.35. The van der Waals surface area contributed by atoms with Crippen molar-refractivity contribution in [2.45, 2.75) is 44.7 Å². The molecule has 1 amide bonds. The van der Waals surface area contributed by atoms with Crippen molar-refractivity contribution in [1.82, 2.24) is 9.97 Å². The molecule has 7 nitrogen and oxygen atoms in total. The summed E-state index contributed by atoms with van der Waals surface area (Å²) in [5.41, 5.74) is 13.6. The summed E-state index contributed by atoms with van der Waals surface area (Å²) in [7, 11) is 0. The molecular weight excluding hydrogens is 387 g/mol. The van der Waals surface area contributed by atoms with Gasteiger partial charge >= 0.3 is 0 Å². The van der Waals surface area contributed by atoms with Crippen LogP contribution in [-0.2, 0) is 0 Å². The third-order valence-corrected chi connectivity index (χ3v) is 4.81. The van der Waals surface area contributed by atoms with E-state index in [0.29, 0.717) is 22.3 Å². The van der Waals surface area contributed by atoms with Crippen LogP contribution in [0.2, 0.25) is 5.02 Å². The highest BCUT2D eigenvalue weighted by Gasteiger charge is 2.24. The molecule has 1 aliphatic carbocycles. The predicted molar refractivity (Wildman–Crippen MR) is 111 cm³/mol. The van der Waals surface area contributed by atoms with Gasteiger partial charge in [-0.25, -0.2) is 4.98 Å². The number of halogens is 2. The van der Waals surface area contributed by atoms with Gasteiger partial charge in [0.2, 0.25) is 0 Å². The van der Waals surface area contributed by atoms with Crippen LogP contribution in [0.15, 0.2) is 24.5 Å². The first-order chi connectivity index (χ1) is 12.4. The Morgan fingerprint density at radius 3 is 2.63 bits per heavy atom. The molecule has 1 fully saturated rings. The number of anilines is 3. The molecule has 0 aliphatic heterocycles. The van der Waals surface area contributed by atoms with Crippen molar-refractivity contribution >= 4 is 47.2 Å². The molecule has 0 aromatic carbocycles. The smallest absolute Gasteiger partial charge is 0.252 e. The van der Waals surface area contributed by atoms with Gasteiger partial charge in [0, 0.05) is 18.3 Å². The number of nitrogens with zero attached hydrogens (tertiary/aromatic N) is 2. The van der Waals surface area contributed by atoms with Crippen molar-refractivity contribution in [1.29, 1.82) is 0 Å². The zero-order valence-electron chi connectivity index (χ0n) is 15.0. The second kappa shape index (κ2) is 9.21. The van der Waals surface area contributed by atoms with Crippen LogP contribution in [0.4, 0.5) is 17.3 Å². The lowest BCUT2D eigenvalue weighted by Gasteiger charge is -2.30. The second-order valence-electron chi connectivity index (χ2n) is 6.65. The van der Waals surface area contributed by atoms with Crippen molar-refractivity contribution < 1.29 is 4.79 Å². The van der Waals surface area contributed by atoms with E-state index < -0.39 is 5.91 Å². The largest absolute Gasteiger partial charge is 0.365 e. The molecule has 2 aromatic rings. The number of amides is 1. The maximum Gasteiger partial charge on any atom is 0.252 e. The highest BCUT2D eigenvalue weighted by molar-refractivity contribution is 6.33. The number of primary amides is 1. The molecule has 0 saturated heterocycles. The fourth-order valence-electron chi connectivity index (χ4n) is 3.15. The normalized spacial score (nSPS) is 19.1. The lowest BCUT2D eigenvalue weighted by molar-refractivity contribution is 0.100. The quantitative estimate of drug-likeness (QED) is 0.599. The number of hydrogen-bond donors (Lipinski definition) is 4. The van der Waals surface area contributed by atoms with Crippen LogP contribution < -0.4 is 22.1 Å². The summed E-state index contributed by atoms with van der Waals surface area (Å²) < 4.78 is 0.